The number of fused-ring (bicyclic) bond motifs is 1. The van der Waals surface area contributed by atoms with E-state index in [0.29, 0.717) is 11.1 Å². The second-order valence-electron chi connectivity index (χ2n) is 3.74. The van der Waals surface area contributed by atoms with Crippen molar-refractivity contribution in [2.24, 2.45) is 0 Å². The van der Waals surface area contributed by atoms with Gasteiger partial charge in [-0.1, -0.05) is 18.2 Å². The Morgan fingerprint density at radius 1 is 1.29 bits per heavy atom. The van der Waals surface area contributed by atoms with Crippen LogP contribution < -0.4 is 0 Å². The molecule has 0 unspecified atom stereocenters. The van der Waals surface area contributed by atoms with Crippen molar-refractivity contribution < 1.29 is 22.4 Å². The van der Waals surface area contributed by atoms with Gasteiger partial charge in [0.1, 0.15) is 11.3 Å². The number of para-hydroxylation sites is 1. The molecule has 0 aliphatic heterocycles. The second kappa shape index (κ2) is 3.91. The number of furan rings is 1. The molecule has 5 heteroatoms. The van der Waals surface area contributed by atoms with Crippen LogP contribution in [0.15, 0.2) is 28.7 Å². The van der Waals surface area contributed by atoms with Crippen LogP contribution in [0.2, 0.25) is 0 Å². The molecule has 1 aromatic carbocycles. The maximum absolute atomic E-state index is 12.1. The Morgan fingerprint density at radius 3 is 2.53 bits per heavy atom. The molecule has 0 saturated carbocycles. The number of halogens is 3. The third-order valence-electron chi connectivity index (χ3n) is 2.58. The predicted molar refractivity (Wildman–Crippen MR) is 55.7 cm³/mol. The zero-order valence-corrected chi connectivity index (χ0v) is 8.97. The summed E-state index contributed by atoms with van der Waals surface area (Å²) >= 11 is 0. The molecule has 0 aliphatic carbocycles. The fourth-order valence-corrected chi connectivity index (χ4v) is 1.64. The SMILES string of the molecule is Cc1c(CC(=O)C(F)(F)F)oc2ccccc12. The summed E-state index contributed by atoms with van der Waals surface area (Å²) < 4.78 is 41.6. The molecule has 0 spiro atoms. The van der Waals surface area contributed by atoms with E-state index in [-0.39, 0.29) is 5.76 Å². The molecule has 2 rings (SSSR count). The fraction of sp³-hybridized carbons (Fsp3) is 0.250. The average molecular weight is 242 g/mol. The van der Waals surface area contributed by atoms with Crippen molar-refractivity contribution in [2.45, 2.75) is 19.5 Å². The van der Waals surface area contributed by atoms with E-state index in [1.807, 2.05) is 0 Å². The number of hydrogen-bond acceptors (Lipinski definition) is 2. The van der Waals surface area contributed by atoms with Crippen LogP contribution in [0.5, 0.6) is 0 Å². The van der Waals surface area contributed by atoms with Crippen LogP contribution in [0, 0.1) is 6.92 Å². The van der Waals surface area contributed by atoms with Crippen molar-refractivity contribution in [1.29, 1.82) is 0 Å². The number of carbonyl (C=O) groups is 1. The number of ketones is 1. The highest BCUT2D eigenvalue weighted by atomic mass is 19.4. The van der Waals surface area contributed by atoms with Crippen molar-refractivity contribution in [3.05, 3.63) is 35.6 Å². The highest BCUT2D eigenvalue weighted by Gasteiger charge is 2.38. The van der Waals surface area contributed by atoms with E-state index in [0.717, 1.165) is 5.39 Å². The molecule has 2 aromatic rings. The lowest BCUT2D eigenvalue weighted by molar-refractivity contribution is -0.170. The lowest BCUT2D eigenvalue weighted by atomic mass is 10.1. The molecule has 0 radical (unpaired) electrons. The molecule has 17 heavy (non-hydrogen) atoms. The van der Waals surface area contributed by atoms with Crippen LogP contribution >= 0.6 is 0 Å². The molecule has 0 bridgehead atoms. The minimum absolute atomic E-state index is 0.0773. The van der Waals surface area contributed by atoms with Gasteiger partial charge < -0.3 is 4.42 Å². The quantitative estimate of drug-likeness (QED) is 0.807. The summed E-state index contributed by atoms with van der Waals surface area (Å²) in [4.78, 5) is 10.9. The molecule has 0 amide bonds. The van der Waals surface area contributed by atoms with E-state index in [2.05, 4.69) is 0 Å². The van der Waals surface area contributed by atoms with Crippen molar-refractivity contribution in [3.8, 4) is 0 Å². The van der Waals surface area contributed by atoms with Gasteiger partial charge in [0.2, 0.25) is 5.78 Å². The molecule has 1 aromatic heterocycles. The fourth-order valence-electron chi connectivity index (χ4n) is 1.64. The minimum Gasteiger partial charge on any atom is -0.460 e. The number of carbonyl (C=O) groups excluding carboxylic acids is 1. The molecular formula is C12H9F3O2. The molecule has 0 N–H and O–H groups in total. The Morgan fingerprint density at radius 2 is 1.94 bits per heavy atom. The first-order chi connectivity index (χ1) is 7.89. The summed E-state index contributed by atoms with van der Waals surface area (Å²) in [6.07, 6.45) is -5.56. The molecule has 1 heterocycles. The summed E-state index contributed by atoms with van der Waals surface area (Å²) in [5.41, 5.74) is 1.08. The largest absolute Gasteiger partial charge is 0.460 e. The van der Waals surface area contributed by atoms with E-state index < -0.39 is 18.4 Å². The van der Waals surface area contributed by atoms with Crippen LogP contribution in [-0.2, 0) is 11.2 Å². The maximum atomic E-state index is 12.1. The molecule has 0 aliphatic rings. The maximum Gasteiger partial charge on any atom is 0.450 e. The third kappa shape index (κ3) is 2.18. The molecule has 0 atom stereocenters. The monoisotopic (exact) mass is 242 g/mol. The van der Waals surface area contributed by atoms with E-state index >= 15 is 0 Å². The molecular weight excluding hydrogens is 233 g/mol. The Bertz CT molecular complexity index is 567. The van der Waals surface area contributed by atoms with Gasteiger partial charge in [-0.15, -0.1) is 0 Å². The van der Waals surface area contributed by atoms with Crippen molar-refractivity contribution in [1.82, 2.24) is 0 Å². The van der Waals surface area contributed by atoms with Crippen LogP contribution in [0.4, 0.5) is 13.2 Å². The van der Waals surface area contributed by atoms with Gasteiger partial charge in [0, 0.05) is 5.39 Å². The van der Waals surface area contributed by atoms with Gasteiger partial charge in [-0.25, -0.2) is 0 Å². The van der Waals surface area contributed by atoms with Crippen LogP contribution in [0.3, 0.4) is 0 Å². The van der Waals surface area contributed by atoms with E-state index in [9.17, 15) is 18.0 Å². The summed E-state index contributed by atoms with van der Waals surface area (Å²) in [5, 5.41) is 0.734. The van der Waals surface area contributed by atoms with Gasteiger partial charge in [-0.2, -0.15) is 13.2 Å². The van der Waals surface area contributed by atoms with Crippen LogP contribution in [-0.4, -0.2) is 12.0 Å². The van der Waals surface area contributed by atoms with Crippen molar-refractivity contribution in [3.63, 3.8) is 0 Å². The first-order valence-corrected chi connectivity index (χ1v) is 4.96. The lowest BCUT2D eigenvalue weighted by Gasteiger charge is -2.03. The Hall–Kier alpha value is -1.78. The first-order valence-electron chi connectivity index (χ1n) is 4.96. The molecule has 0 fully saturated rings. The topological polar surface area (TPSA) is 30.2 Å². The lowest BCUT2D eigenvalue weighted by Crippen LogP contribution is -2.24. The number of rotatable bonds is 2. The van der Waals surface area contributed by atoms with E-state index in [1.54, 1.807) is 31.2 Å². The summed E-state index contributed by atoms with van der Waals surface area (Å²) in [6.45, 7) is 1.64. The Labute approximate surface area is 95.0 Å². The minimum atomic E-state index is -4.81. The van der Waals surface area contributed by atoms with Crippen molar-refractivity contribution in [2.75, 3.05) is 0 Å². The highest BCUT2D eigenvalue weighted by molar-refractivity contribution is 5.88. The number of benzene rings is 1. The van der Waals surface area contributed by atoms with Crippen molar-refractivity contribution >= 4 is 16.8 Å². The first kappa shape index (κ1) is 11.7. The van der Waals surface area contributed by atoms with Gasteiger partial charge in [0.15, 0.2) is 0 Å². The highest BCUT2D eigenvalue weighted by Crippen LogP contribution is 2.27. The van der Waals surface area contributed by atoms with Gasteiger partial charge >= 0.3 is 6.18 Å². The summed E-state index contributed by atoms with van der Waals surface area (Å²) in [5.74, 6) is -1.71. The van der Waals surface area contributed by atoms with Crippen LogP contribution in [0.25, 0.3) is 11.0 Å². The Kier molecular flexibility index (Phi) is 2.69. The number of hydrogen-bond donors (Lipinski definition) is 0. The zero-order valence-electron chi connectivity index (χ0n) is 8.97. The zero-order chi connectivity index (χ0) is 12.6. The molecule has 90 valence electrons. The average Bonchev–Trinajstić information content (AvgIpc) is 2.55. The predicted octanol–water partition coefficient (Wildman–Crippen LogP) is 3.42. The van der Waals surface area contributed by atoms with Gasteiger partial charge in [0.25, 0.3) is 0 Å². The Balaban J connectivity index is 2.37. The standard InChI is InChI=1S/C12H9F3O2/c1-7-8-4-2-3-5-9(8)17-10(7)6-11(16)12(13,14)15/h2-5H,6H2,1H3. The number of aryl methyl sites for hydroxylation is 1. The van der Waals surface area contributed by atoms with Gasteiger partial charge in [-0.3, -0.25) is 4.79 Å². The smallest absolute Gasteiger partial charge is 0.450 e. The number of Topliss-reactive ketones (excluding diaryl/α,β-unsaturated/α-hetero) is 1. The van der Waals surface area contributed by atoms with Gasteiger partial charge in [-0.05, 0) is 18.6 Å². The third-order valence-corrected chi connectivity index (χ3v) is 2.58. The molecule has 0 saturated heterocycles. The molecule has 2 nitrogen and oxygen atoms in total. The van der Waals surface area contributed by atoms with Gasteiger partial charge in [0.05, 0.1) is 6.42 Å². The van der Waals surface area contributed by atoms with Crippen LogP contribution in [0.1, 0.15) is 11.3 Å². The summed E-state index contributed by atoms with van der Waals surface area (Å²) in [6, 6.07) is 6.89. The van der Waals surface area contributed by atoms with E-state index in [1.165, 1.54) is 0 Å². The normalized spacial score (nSPS) is 12.0. The number of alkyl halides is 3. The summed E-state index contributed by atoms with van der Waals surface area (Å²) in [7, 11) is 0. The second-order valence-corrected chi connectivity index (χ2v) is 3.74. The van der Waals surface area contributed by atoms with E-state index in [4.69, 9.17) is 4.42 Å².